The van der Waals surface area contributed by atoms with E-state index in [1.165, 1.54) is 6.33 Å². The molecular weight excluding hydrogens is 332 g/mol. The van der Waals surface area contributed by atoms with Crippen LogP contribution in [0.4, 0.5) is 17.3 Å². The van der Waals surface area contributed by atoms with Crippen molar-refractivity contribution in [2.45, 2.75) is 19.8 Å². The summed E-state index contributed by atoms with van der Waals surface area (Å²) in [5, 5.41) is 0. The number of nitrogens with zero attached hydrogens (tertiary/aromatic N) is 3. The molecule has 1 fully saturated rings. The lowest BCUT2D eigenvalue weighted by Gasteiger charge is -2.32. The van der Waals surface area contributed by atoms with Gasteiger partial charge in [0.1, 0.15) is 17.8 Å². The van der Waals surface area contributed by atoms with E-state index in [1.54, 1.807) is 12.1 Å². The van der Waals surface area contributed by atoms with E-state index in [1.807, 2.05) is 18.2 Å². The number of hydrogen-bond acceptors (Lipinski definition) is 7. The minimum atomic E-state index is -0.333. The Hall–Kier alpha value is -3.03. The number of nitrogen functional groups attached to an aromatic ring is 1. The summed E-state index contributed by atoms with van der Waals surface area (Å²) >= 11 is 0. The maximum atomic E-state index is 11.9. The molecule has 2 heterocycles. The number of rotatable bonds is 6. The van der Waals surface area contributed by atoms with Gasteiger partial charge in [0.2, 0.25) is 0 Å². The highest BCUT2D eigenvalue weighted by molar-refractivity contribution is 5.81. The number of hydrazine groups is 1. The Bertz CT molecular complexity index is 732. The van der Waals surface area contributed by atoms with Crippen LogP contribution in [0, 0.1) is 5.92 Å². The normalized spacial score (nSPS) is 14.7. The standard InChI is InChI=1S/C18H24N6O2/c1-13-7-9-24(10-8-13)18-16(19)17(20-12-21-18)23-22-15(25)11-26-14-5-3-2-4-6-14/h2-6,12-13H,7-11,19H2,1H3,(H,22,25)(H,20,21,23). The Morgan fingerprint density at radius 3 is 2.73 bits per heavy atom. The van der Waals surface area contributed by atoms with Crippen LogP contribution in [0.1, 0.15) is 19.8 Å². The quantitative estimate of drug-likeness (QED) is 0.678. The smallest absolute Gasteiger partial charge is 0.276 e. The second-order valence-electron chi connectivity index (χ2n) is 6.40. The SMILES string of the molecule is CC1CCN(c2ncnc(NNC(=O)COc3ccccc3)c2N)CC1. The first kappa shape index (κ1) is 17.8. The largest absolute Gasteiger partial charge is 0.484 e. The Balaban J connectivity index is 1.54. The van der Waals surface area contributed by atoms with Crippen molar-refractivity contribution in [3.8, 4) is 5.75 Å². The third-order valence-electron chi connectivity index (χ3n) is 4.38. The zero-order chi connectivity index (χ0) is 18.4. The van der Waals surface area contributed by atoms with E-state index in [4.69, 9.17) is 10.5 Å². The summed E-state index contributed by atoms with van der Waals surface area (Å²) in [5.74, 6) is 2.09. The van der Waals surface area contributed by atoms with Crippen LogP contribution in [0.2, 0.25) is 0 Å². The van der Waals surface area contributed by atoms with Crippen molar-refractivity contribution in [2.24, 2.45) is 5.92 Å². The Kier molecular flexibility index (Phi) is 5.73. The fourth-order valence-corrected chi connectivity index (χ4v) is 2.79. The average molecular weight is 356 g/mol. The molecular formula is C18H24N6O2. The molecule has 1 aliphatic heterocycles. The topological polar surface area (TPSA) is 105 Å². The lowest BCUT2D eigenvalue weighted by molar-refractivity contribution is -0.122. The molecule has 1 amide bonds. The molecule has 8 nitrogen and oxygen atoms in total. The number of ether oxygens (including phenoxy) is 1. The van der Waals surface area contributed by atoms with Gasteiger partial charge in [-0.25, -0.2) is 9.97 Å². The van der Waals surface area contributed by atoms with Crippen LogP contribution in [-0.2, 0) is 4.79 Å². The molecule has 138 valence electrons. The summed E-state index contributed by atoms with van der Waals surface area (Å²) in [7, 11) is 0. The molecule has 0 radical (unpaired) electrons. The van der Waals surface area contributed by atoms with Crippen LogP contribution in [0.25, 0.3) is 0 Å². The van der Waals surface area contributed by atoms with Gasteiger partial charge in [0.05, 0.1) is 0 Å². The van der Waals surface area contributed by atoms with Crippen LogP contribution in [0.15, 0.2) is 36.7 Å². The number of benzene rings is 1. The molecule has 26 heavy (non-hydrogen) atoms. The lowest BCUT2D eigenvalue weighted by Crippen LogP contribution is -2.36. The third kappa shape index (κ3) is 4.53. The average Bonchev–Trinajstić information content (AvgIpc) is 2.67. The predicted octanol–water partition coefficient (Wildman–Crippen LogP) is 1.82. The molecule has 4 N–H and O–H groups in total. The Morgan fingerprint density at radius 1 is 1.27 bits per heavy atom. The van der Waals surface area contributed by atoms with E-state index in [-0.39, 0.29) is 12.5 Å². The highest BCUT2D eigenvalue weighted by Gasteiger charge is 2.20. The molecule has 0 saturated carbocycles. The van der Waals surface area contributed by atoms with Gasteiger partial charge >= 0.3 is 0 Å². The number of aromatic nitrogens is 2. The third-order valence-corrected chi connectivity index (χ3v) is 4.38. The molecule has 8 heteroatoms. The molecule has 0 unspecified atom stereocenters. The van der Waals surface area contributed by atoms with E-state index >= 15 is 0 Å². The molecule has 0 atom stereocenters. The van der Waals surface area contributed by atoms with Gasteiger partial charge in [-0.3, -0.25) is 15.6 Å². The highest BCUT2D eigenvalue weighted by atomic mass is 16.5. The number of nitrogens with two attached hydrogens (primary N) is 1. The molecule has 1 aliphatic rings. The maximum Gasteiger partial charge on any atom is 0.276 e. The van der Waals surface area contributed by atoms with Crippen molar-refractivity contribution >= 4 is 23.2 Å². The van der Waals surface area contributed by atoms with Gasteiger partial charge in [0.15, 0.2) is 18.2 Å². The van der Waals surface area contributed by atoms with Crippen LogP contribution in [0.3, 0.4) is 0 Å². The minimum absolute atomic E-state index is 0.112. The van der Waals surface area contributed by atoms with Crippen LogP contribution >= 0.6 is 0 Å². The van der Waals surface area contributed by atoms with Crippen LogP contribution in [-0.4, -0.2) is 35.6 Å². The van der Waals surface area contributed by atoms with Crippen molar-refractivity contribution in [2.75, 3.05) is 35.8 Å². The van der Waals surface area contributed by atoms with Crippen molar-refractivity contribution in [1.82, 2.24) is 15.4 Å². The molecule has 3 rings (SSSR count). The summed E-state index contributed by atoms with van der Waals surface area (Å²) in [6, 6.07) is 9.14. The van der Waals surface area contributed by atoms with Gasteiger partial charge in [0.25, 0.3) is 5.91 Å². The fourth-order valence-electron chi connectivity index (χ4n) is 2.79. The summed E-state index contributed by atoms with van der Waals surface area (Å²) in [6.45, 7) is 3.97. The fraction of sp³-hybridized carbons (Fsp3) is 0.389. The van der Waals surface area contributed by atoms with E-state index in [2.05, 4.69) is 32.6 Å². The second-order valence-corrected chi connectivity index (χ2v) is 6.40. The first-order chi connectivity index (χ1) is 12.6. The van der Waals surface area contributed by atoms with Gasteiger partial charge in [-0.15, -0.1) is 0 Å². The first-order valence-corrected chi connectivity index (χ1v) is 8.71. The van der Waals surface area contributed by atoms with Crippen LogP contribution < -0.4 is 26.2 Å². The number of anilines is 3. The van der Waals surface area contributed by atoms with E-state index in [0.717, 1.165) is 31.8 Å². The highest BCUT2D eigenvalue weighted by Crippen LogP contribution is 2.29. The molecule has 1 aromatic heterocycles. The Labute approximate surface area is 152 Å². The van der Waals surface area contributed by atoms with Gasteiger partial charge in [-0.1, -0.05) is 25.1 Å². The maximum absolute atomic E-state index is 11.9. The lowest BCUT2D eigenvalue weighted by atomic mass is 9.99. The number of piperidine rings is 1. The molecule has 2 aromatic rings. The number of hydrogen-bond donors (Lipinski definition) is 3. The molecule has 1 aromatic carbocycles. The van der Waals surface area contributed by atoms with Gasteiger partial charge in [0, 0.05) is 13.1 Å². The number of carbonyl (C=O) groups excluding carboxylic acids is 1. The second kappa shape index (κ2) is 8.37. The molecule has 0 bridgehead atoms. The summed E-state index contributed by atoms with van der Waals surface area (Å²) in [5.41, 5.74) is 11.9. The van der Waals surface area contributed by atoms with Gasteiger partial charge < -0.3 is 15.4 Å². The minimum Gasteiger partial charge on any atom is -0.484 e. The van der Waals surface area contributed by atoms with E-state index in [0.29, 0.717) is 23.1 Å². The number of amides is 1. The number of nitrogens with one attached hydrogen (secondary N) is 2. The summed E-state index contributed by atoms with van der Waals surface area (Å²) in [4.78, 5) is 22.5. The zero-order valence-corrected chi connectivity index (χ0v) is 14.8. The zero-order valence-electron chi connectivity index (χ0n) is 14.8. The van der Waals surface area contributed by atoms with E-state index < -0.39 is 0 Å². The van der Waals surface area contributed by atoms with Crippen molar-refractivity contribution < 1.29 is 9.53 Å². The van der Waals surface area contributed by atoms with Crippen molar-refractivity contribution in [3.63, 3.8) is 0 Å². The van der Waals surface area contributed by atoms with Crippen molar-refractivity contribution in [1.29, 1.82) is 0 Å². The number of para-hydroxylation sites is 1. The predicted molar refractivity (Wildman–Crippen MR) is 101 cm³/mol. The van der Waals surface area contributed by atoms with E-state index in [9.17, 15) is 4.79 Å². The summed E-state index contributed by atoms with van der Waals surface area (Å²) in [6.07, 6.45) is 3.66. The first-order valence-electron chi connectivity index (χ1n) is 8.71. The monoisotopic (exact) mass is 356 g/mol. The molecule has 0 spiro atoms. The van der Waals surface area contributed by atoms with Crippen LogP contribution in [0.5, 0.6) is 5.75 Å². The summed E-state index contributed by atoms with van der Waals surface area (Å²) < 4.78 is 5.39. The van der Waals surface area contributed by atoms with Gasteiger partial charge in [-0.2, -0.15) is 0 Å². The Morgan fingerprint density at radius 2 is 2.00 bits per heavy atom. The molecule has 0 aliphatic carbocycles. The van der Waals surface area contributed by atoms with Crippen molar-refractivity contribution in [3.05, 3.63) is 36.7 Å². The number of carbonyl (C=O) groups is 1. The molecule has 1 saturated heterocycles. The van der Waals surface area contributed by atoms with Gasteiger partial charge in [-0.05, 0) is 30.9 Å².